The van der Waals surface area contributed by atoms with Crippen molar-refractivity contribution in [1.29, 1.82) is 0 Å². The monoisotopic (exact) mass is 394 g/mol. The average Bonchev–Trinajstić information content (AvgIpc) is 2.70. The quantitative estimate of drug-likeness (QED) is 0.618. The molecule has 2 atom stereocenters. The summed E-state index contributed by atoms with van der Waals surface area (Å²) in [6.07, 6.45) is 2.30. The second-order valence-electron chi connectivity index (χ2n) is 7.92. The molecule has 0 aromatic heterocycles. The molecule has 3 saturated heterocycles. The van der Waals surface area contributed by atoms with E-state index in [9.17, 15) is 9.59 Å². The van der Waals surface area contributed by atoms with Gasteiger partial charge in [0.1, 0.15) is 17.2 Å². The number of nitrogens with zero attached hydrogens (tertiary/aromatic N) is 1. The molecule has 5 rings (SSSR count). The number of primary amides is 1. The maximum absolute atomic E-state index is 12.1. The van der Waals surface area contributed by atoms with Gasteiger partial charge in [-0.05, 0) is 86.8 Å². The summed E-state index contributed by atoms with van der Waals surface area (Å²) >= 11 is 0. The summed E-state index contributed by atoms with van der Waals surface area (Å²) in [6.45, 7) is 5.85. The summed E-state index contributed by atoms with van der Waals surface area (Å²) in [5.41, 5.74) is 7.25. The summed E-state index contributed by atoms with van der Waals surface area (Å²) in [5, 5.41) is 0. The van der Waals surface area contributed by atoms with Crippen LogP contribution < -0.4 is 15.2 Å². The van der Waals surface area contributed by atoms with Crippen molar-refractivity contribution in [2.75, 3.05) is 13.1 Å². The first-order valence-corrected chi connectivity index (χ1v) is 10.1. The Balaban J connectivity index is 1.62. The predicted molar refractivity (Wildman–Crippen MR) is 109 cm³/mol. The third-order valence-corrected chi connectivity index (χ3v) is 6.15. The smallest absolute Gasteiger partial charge is 0.308 e. The van der Waals surface area contributed by atoms with Crippen LogP contribution >= 0.6 is 0 Å². The lowest BCUT2D eigenvalue weighted by atomic mass is 9.70. The Bertz CT molecular complexity index is 915. The molecule has 3 fully saturated rings. The molecule has 1 amide bonds. The molecule has 3 aliphatic rings. The lowest BCUT2D eigenvalue weighted by Crippen LogP contribution is -2.52. The zero-order valence-electron chi connectivity index (χ0n) is 16.8. The summed E-state index contributed by atoms with van der Waals surface area (Å²) in [6, 6.07) is 12.7. The van der Waals surface area contributed by atoms with E-state index in [0.29, 0.717) is 34.8 Å². The van der Waals surface area contributed by atoms with Gasteiger partial charge >= 0.3 is 5.97 Å². The van der Waals surface area contributed by atoms with Crippen LogP contribution in [0.3, 0.4) is 0 Å². The van der Waals surface area contributed by atoms with Gasteiger partial charge in [0.2, 0.25) is 5.91 Å². The molecule has 0 unspecified atom stereocenters. The number of nitrogens with two attached hydrogens (primary N) is 1. The molecule has 6 heteroatoms. The number of carbonyl (C=O) groups is 2. The average molecular weight is 394 g/mol. The third kappa shape index (κ3) is 3.98. The number of rotatable bonds is 5. The molecule has 2 N–H and O–H groups in total. The van der Waals surface area contributed by atoms with Crippen LogP contribution in [0.25, 0.3) is 0 Å². The second kappa shape index (κ2) is 7.87. The van der Waals surface area contributed by atoms with Crippen molar-refractivity contribution < 1.29 is 19.1 Å². The van der Waals surface area contributed by atoms with Crippen LogP contribution in [0, 0.1) is 5.92 Å². The van der Waals surface area contributed by atoms with Gasteiger partial charge in [0.25, 0.3) is 0 Å². The number of piperidine rings is 3. The van der Waals surface area contributed by atoms with E-state index in [1.54, 1.807) is 36.4 Å². The molecule has 2 aromatic rings. The Morgan fingerprint density at radius 1 is 1.00 bits per heavy atom. The van der Waals surface area contributed by atoms with Crippen LogP contribution in [0.1, 0.15) is 48.5 Å². The minimum absolute atomic E-state index is 0.273. The van der Waals surface area contributed by atoms with Gasteiger partial charge in [-0.25, -0.2) is 0 Å². The zero-order chi connectivity index (χ0) is 20.5. The highest BCUT2D eigenvalue weighted by atomic mass is 16.5. The molecule has 3 heterocycles. The molecule has 2 aromatic carbocycles. The fourth-order valence-electron chi connectivity index (χ4n) is 4.80. The number of benzene rings is 2. The Morgan fingerprint density at radius 3 is 2.21 bits per heavy atom. The van der Waals surface area contributed by atoms with E-state index >= 15 is 0 Å². The van der Waals surface area contributed by atoms with Crippen LogP contribution in [0.15, 0.2) is 42.5 Å². The van der Waals surface area contributed by atoms with Gasteiger partial charge in [0.15, 0.2) is 0 Å². The molecule has 0 aliphatic carbocycles. The third-order valence-electron chi connectivity index (χ3n) is 6.15. The summed E-state index contributed by atoms with van der Waals surface area (Å²) in [4.78, 5) is 25.6. The van der Waals surface area contributed by atoms with E-state index in [1.807, 2.05) is 6.07 Å². The number of hydrogen-bond donors (Lipinski definition) is 1. The highest BCUT2D eigenvalue weighted by Crippen LogP contribution is 2.45. The molecule has 0 spiro atoms. The van der Waals surface area contributed by atoms with Crippen molar-refractivity contribution in [3.8, 4) is 17.2 Å². The van der Waals surface area contributed by atoms with Crippen LogP contribution in [0.4, 0.5) is 0 Å². The predicted octanol–water partition coefficient (Wildman–Crippen LogP) is 3.70. The lowest BCUT2D eigenvalue weighted by molar-refractivity contribution is -0.131. The number of esters is 1. The molecule has 0 radical (unpaired) electrons. The molecule has 6 nitrogen and oxygen atoms in total. The molecular formula is C23H26N2O4. The van der Waals surface area contributed by atoms with Gasteiger partial charge < -0.3 is 20.1 Å². The first kappa shape index (κ1) is 19.5. The van der Waals surface area contributed by atoms with Gasteiger partial charge in [-0.1, -0.05) is 0 Å². The van der Waals surface area contributed by atoms with E-state index in [0.717, 1.165) is 31.5 Å². The highest BCUT2D eigenvalue weighted by Gasteiger charge is 2.41. The van der Waals surface area contributed by atoms with Crippen molar-refractivity contribution in [3.63, 3.8) is 0 Å². The van der Waals surface area contributed by atoms with E-state index in [4.69, 9.17) is 15.2 Å². The van der Waals surface area contributed by atoms with Crippen LogP contribution in [0.5, 0.6) is 17.2 Å². The topological polar surface area (TPSA) is 81.9 Å². The van der Waals surface area contributed by atoms with Gasteiger partial charge in [-0.3, -0.25) is 9.59 Å². The van der Waals surface area contributed by atoms with Crippen LogP contribution in [-0.4, -0.2) is 35.9 Å². The van der Waals surface area contributed by atoms with Crippen molar-refractivity contribution in [3.05, 3.63) is 53.6 Å². The molecule has 2 bridgehead atoms. The molecule has 0 saturated carbocycles. The van der Waals surface area contributed by atoms with E-state index < -0.39 is 5.91 Å². The Kier molecular flexibility index (Phi) is 5.28. The Morgan fingerprint density at radius 2 is 1.62 bits per heavy atom. The number of hydrogen-bond acceptors (Lipinski definition) is 5. The SMILES string of the molecule is CC(=O)Oc1ccc(Oc2ccc(C(N)=O)c([C@H]3C4CCN(CC4)[C@H]3C)c2)cc1. The standard InChI is InChI=1S/C23H26N2O4/c1-14-22(16-9-11-25(14)12-10-16)21-13-19(7-8-20(21)23(24)27)29-18-5-3-17(4-6-18)28-15(2)26/h3-8,13-14,16,22H,9-12H2,1-2H3,(H2,24,27)/t14-,22+/m0/s1. The zero-order valence-corrected chi connectivity index (χ0v) is 16.8. The summed E-state index contributed by atoms with van der Waals surface area (Å²) in [5.74, 6) is 1.82. The number of amides is 1. The van der Waals surface area contributed by atoms with Crippen molar-refractivity contribution in [2.45, 2.75) is 38.6 Å². The molecule has 3 aliphatic heterocycles. The van der Waals surface area contributed by atoms with E-state index in [2.05, 4.69) is 11.8 Å². The van der Waals surface area contributed by atoms with Gasteiger partial charge in [0.05, 0.1) is 0 Å². The Hall–Kier alpha value is -2.86. The van der Waals surface area contributed by atoms with E-state index in [1.165, 1.54) is 6.92 Å². The first-order chi connectivity index (χ1) is 13.9. The van der Waals surface area contributed by atoms with Gasteiger partial charge in [0, 0.05) is 24.4 Å². The normalized spacial score (nSPS) is 25.4. The number of ether oxygens (including phenoxy) is 2. The summed E-state index contributed by atoms with van der Waals surface area (Å²) in [7, 11) is 0. The van der Waals surface area contributed by atoms with E-state index in [-0.39, 0.29) is 11.9 Å². The second-order valence-corrected chi connectivity index (χ2v) is 7.92. The maximum atomic E-state index is 12.1. The molecule has 29 heavy (non-hydrogen) atoms. The minimum atomic E-state index is -0.402. The highest BCUT2D eigenvalue weighted by molar-refractivity contribution is 5.94. The van der Waals surface area contributed by atoms with Crippen molar-refractivity contribution in [1.82, 2.24) is 4.90 Å². The Labute approximate surface area is 170 Å². The fraction of sp³-hybridized carbons (Fsp3) is 0.391. The number of fused-ring (bicyclic) bond motifs is 3. The first-order valence-electron chi connectivity index (χ1n) is 10.1. The molecule has 152 valence electrons. The fourth-order valence-corrected chi connectivity index (χ4v) is 4.80. The van der Waals surface area contributed by atoms with Crippen molar-refractivity contribution in [2.24, 2.45) is 11.7 Å². The largest absolute Gasteiger partial charge is 0.457 e. The lowest BCUT2D eigenvalue weighted by Gasteiger charge is -2.50. The van der Waals surface area contributed by atoms with Crippen LogP contribution in [-0.2, 0) is 4.79 Å². The van der Waals surface area contributed by atoms with Crippen LogP contribution in [0.2, 0.25) is 0 Å². The van der Waals surface area contributed by atoms with Gasteiger partial charge in [-0.15, -0.1) is 0 Å². The number of carbonyl (C=O) groups excluding carboxylic acids is 2. The van der Waals surface area contributed by atoms with Gasteiger partial charge in [-0.2, -0.15) is 0 Å². The maximum Gasteiger partial charge on any atom is 0.308 e. The minimum Gasteiger partial charge on any atom is -0.457 e. The van der Waals surface area contributed by atoms with Crippen molar-refractivity contribution >= 4 is 11.9 Å². The molecular weight excluding hydrogens is 368 g/mol. The summed E-state index contributed by atoms with van der Waals surface area (Å²) < 4.78 is 11.1.